The Morgan fingerprint density at radius 3 is 2.23 bits per heavy atom. The zero-order valence-corrected chi connectivity index (χ0v) is 13.4. The summed E-state index contributed by atoms with van der Waals surface area (Å²) in [5.74, 6) is 5.65. The van der Waals surface area contributed by atoms with E-state index in [2.05, 4.69) is 17.2 Å². The van der Waals surface area contributed by atoms with Gasteiger partial charge in [-0.2, -0.15) is 0 Å². The number of hydrogen-bond acceptors (Lipinski definition) is 3. The molecule has 0 aliphatic carbocycles. The van der Waals surface area contributed by atoms with Crippen molar-refractivity contribution >= 4 is 11.8 Å². The number of amides is 2. The molecular formula is C18H22N2O2. The number of fused-ring (bicyclic) bond motifs is 1. The van der Waals surface area contributed by atoms with Crippen LogP contribution in [0.3, 0.4) is 0 Å². The van der Waals surface area contributed by atoms with Gasteiger partial charge in [-0.3, -0.25) is 14.5 Å². The highest BCUT2D eigenvalue weighted by Gasteiger charge is 2.34. The molecule has 2 amide bonds. The molecule has 4 heteroatoms. The van der Waals surface area contributed by atoms with Crippen LogP contribution in [0.2, 0.25) is 0 Å². The molecule has 0 fully saturated rings. The number of carbonyl (C=O) groups is 2. The fourth-order valence-electron chi connectivity index (χ4n) is 2.59. The second-order valence-electron chi connectivity index (χ2n) is 5.94. The highest BCUT2D eigenvalue weighted by Crippen LogP contribution is 2.22. The van der Waals surface area contributed by atoms with Crippen molar-refractivity contribution in [3.63, 3.8) is 0 Å². The summed E-state index contributed by atoms with van der Waals surface area (Å²) in [6.45, 7) is 7.17. The second-order valence-corrected chi connectivity index (χ2v) is 5.94. The number of nitrogens with zero attached hydrogens (tertiary/aromatic N) is 1. The molecule has 4 nitrogen and oxygen atoms in total. The summed E-state index contributed by atoms with van der Waals surface area (Å²) in [5, 5.41) is 3.36. The zero-order valence-electron chi connectivity index (χ0n) is 13.4. The maximum atomic E-state index is 12.2. The van der Waals surface area contributed by atoms with Gasteiger partial charge < -0.3 is 5.32 Å². The van der Waals surface area contributed by atoms with Crippen LogP contribution in [0.1, 0.15) is 54.3 Å². The van der Waals surface area contributed by atoms with E-state index < -0.39 is 0 Å². The molecule has 0 atom stereocenters. The summed E-state index contributed by atoms with van der Waals surface area (Å²) in [6.07, 6.45) is 1.68. The largest absolute Gasteiger partial charge is 0.302 e. The van der Waals surface area contributed by atoms with E-state index >= 15 is 0 Å². The molecule has 0 radical (unpaired) electrons. The number of nitrogens with one attached hydrogen (secondary N) is 1. The molecule has 1 aromatic carbocycles. The van der Waals surface area contributed by atoms with E-state index in [1.54, 1.807) is 24.3 Å². The third-order valence-corrected chi connectivity index (χ3v) is 3.69. The molecule has 2 rings (SSSR count). The van der Waals surface area contributed by atoms with Gasteiger partial charge in [0.15, 0.2) is 0 Å². The van der Waals surface area contributed by atoms with Crippen LogP contribution in [0, 0.1) is 11.8 Å². The molecule has 1 aliphatic heterocycles. The summed E-state index contributed by atoms with van der Waals surface area (Å²) in [5.41, 5.74) is 0.833. The van der Waals surface area contributed by atoms with Crippen molar-refractivity contribution in [3.8, 4) is 11.8 Å². The van der Waals surface area contributed by atoms with Crippen molar-refractivity contribution in [2.24, 2.45) is 0 Å². The predicted molar refractivity (Wildman–Crippen MR) is 86.6 cm³/mol. The Morgan fingerprint density at radius 1 is 1.09 bits per heavy atom. The van der Waals surface area contributed by atoms with Crippen LogP contribution in [0.15, 0.2) is 24.3 Å². The Labute approximate surface area is 131 Å². The molecule has 1 heterocycles. The summed E-state index contributed by atoms with van der Waals surface area (Å²) >= 11 is 0. The Kier molecular flexibility index (Phi) is 4.99. The first-order chi connectivity index (χ1) is 10.5. The van der Waals surface area contributed by atoms with Gasteiger partial charge in [-0.15, -0.1) is 5.92 Å². The lowest BCUT2D eigenvalue weighted by Gasteiger charge is -2.20. The normalized spacial score (nSPS) is 13.9. The minimum absolute atomic E-state index is 0.175. The summed E-state index contributed by atoms with van der Waals surface area (Å²) in [4.78, 5) is 25.7. The maximum absolute atomic E-state index is 12.2. The van der Waals surface area contributed by atoms with E-state index in [1.807, 2.05) is 20.8 Å². The third-order valence-electron chi connectivity index (χ3n) is 3.69. The lowest BCUT2D eigenvalue weighted by atomic mass is 10.1. The minimum atomic E-state index is -0.204. The molecule has 0 saturated heterocycles. The Balaban J connectivity index is 1.80. The average molecular weight is 298 g/mol. The number of benzene rings is 1. The van der Waals surface area contributed by atoms with Gasteiger partial charge >= 0.3 is 0 Å². The standard InChI is InChI=1S/C18H22N2O2/c1-4-11-18(2,3)19-12-7-8-13-20-16(21)14-9-5-6-10-15(14)17(20)22/h5-6,9-10,19H,7-8,12-13H2,1-3H3. The Bertz CT molecular complexity index is 603. The smallest absolute Gasteiger partial charge is 0.261 e. The van der Waals surface area contributed by atoms with E-state index in [0.29, 0.717) is 17.7 Å². The molecule has 116 valence electrons. The van der Waals surface area contributed by atoms with Crippen molar-refractivity contribution < 1.29 is 9.59 Å². The molecule has 1 aliphatic rings. The molecule has 1 aromatic rings. The summed E-state index contributed by atoms with van der Waals surface area (Å²) < 4.78 is 0. The highest BCUT2D eigenvalue weighted by molar-refractivity contribution is 6.21. The first kappa shape index (κ1) is 16.3. The monoisotopic (exact) mass is 298 g/mol. The van der Waals surface area contributed by atoms with Gasteiger partial charge in [-0.25, -0.2) is 0 Å². The Morgan fingerprint density at radius 2 is 1.68 bits per heavy atom. The van der Waals surface area contributed by atoms with Gasteiger partial charge in [-0.1, -0.05) is 18.1 Å². The van der Waals surface area contributed by atoms with Gasteiger partial charge in [0, 0.05) is 6.54 Å². The quantitative estimate of drug-likeness (QED) is 0.498. The van der Waals surface area contributed by atoms with E-state index in [-0.39, 0.29) is 17.4 Å². The fourth-order valence-corrected chi connectivity index (χ4v) is 2.59. The van der Waals surface area contributed by atoms with Gasteiger partial charge in [0.1, 0.15) is 0 Å². The van der Waals surface area contributed by atoms with E-state index in [4.69, 9.17) is 0 Å². The lowest BCUT2D eigenvalue weighted by Crippen LogP contribution is -2.38. The first-order valence-corrected chi connectivity index (χ1v) is 7.60. The van der Waals surface area contributed by atoms with Crippen molar-refractivity contribution in [2.45, 2.75) is 39.2 Å². The van der Waals surface area contributed by atoms with Gasteiger partial charge in [0.2, 0.25) is 0 Å². The third kappa shape index (κ3) is 3.55. The lowest BCUT2D eigenvalue weighted by molar-refractivity contribution is 0.0651. The first-order valence-electron chi connectivity index (χ1n) is 7.60. The number of imide groups is 1. The summed E-state index contributed by atoms with van der Waals surface area (Å²) in [7, 11) is 0. The van der Waals surface area contributed by atoms with Crippen molar-refractivity contribution in [3.05, 3.63) is 35.4 Å². The maximum Gasteiger partial charge on any atom is 0.261 e. The average Bonchev–Trinajstić information content (AvgIpc) is 2.72. The minimum Gasteiger partial charge on any atom is -0.302 e. The SMILES string of the molecule is CC#CC(C)(C)NCCCCN1C(=O)c2ccccc2C1=O. The zero-order chi connectivity index (χ0) is 16.2. The molecular weight excluding hydrogens is 276 g/mol. The van der Waals surface area contributed by atoms with Gasteiger partial charge in [0.05, 0.1) is 16.7 Å². The van der Waals surface area contributed by atoms with Crippen LogP contribution >= 0.6 is 0 Å². The topological polar surface area (TPSA) is 49.4 Å². The molecule has 0 bridgehead atoms. The van der Waals surface area contributed by atoms with Crippen LogP contribution in [0.25, 0.3) is 0 Å². The fraction of sp³-hybridized carbons (Fsp3) is 0.444. The number of hydrogen-bond donors (Lipinski definition) is 1. The van der Waals surface area contributed by atoms with Crippen LogP contribution in [0.4, 0.5) is 0 Å². The second kappa shape index (κ2) is 6.76. The van der Waals surface area contributed by atoms with Gasteiger partial charge in [0.25, 0.3) is 11.8 Å². The van der Waals surface area contributed by atoms with Crippen LogP contribution < -0.4 is 5.32 Å². The van der Waals surface area contributed by atoms with E-state index in [1.165, 1.54) is 4.90 Å². The van der Waals surface area contributed by atoms with Crippen molar-refractivity contribution in [1.82, 2.24) is 10.2 Å². The summed E-state index contributed by atoms with van der Waals surface area (Å²) in [6, 6.07) is 6.99. The van der Waals surface area contributed by atoms with E-state index in [9.17, 15) is 9.59 Å². The molecule has 1 N–H and O–H groups in total. The van der Waals surface area contributed by atoms with Crippen LogP contribution in [0.5, 0.6) is 0 Å². The number of carbonyl (C=O) groups excluding carboxylic acids is 2. The molecule has 0 aromatic heterocycles. The molecule has 0 saturated carbocycles. The van der Waals surface area contributed by atoms with Crippen LogP contribution in [-0.2, 0) is 0 Å². The molecule has 22 heavy (non-hydrogen) atoms. The number of unbranched alkanes of at least 4 members (excludes halogenated alkanes) is 1. The van der Waals surface area contributed by atoms with Crippen molar-refractivity contribution in [2.75, 3.05) is 13.1 Å². The predicted octanol–water partition coefficient (Wildman–Crippen LogP) is 2.45. The van der Waals surface area contributed by atoms with Gasteiger partial charge in [-0.05, 0) is 52.3 Å². The molecule has 0 spiro atoms. The molecule has 0 unspecified atom stereocenters. The van der Waals surface area contributed by atoms with Crippen molar-refractivity contribution in [1.29, 1.82) is 0 Å². The van der Waals surface area contributed by atoms with E-state index in [0.717, 1.165) is 19.4 Å². The highest BCUT2D eigenvalue weighted by atomic mass is 16.2. The Hall–Kier alpha value is -2.12. The van der Waals surface area contributed by atoms with Crippen LogP contribution in [-0.4, -0.2) is 35.3 Å². The number of rotatable bonds is 6.